The molecule has 2 aromatic carbocycles. The van der Waals surface area contributed by atoms with Crippen molar-refractivity contribution in [3.8, 4) is 34.0 Å². The molecule has 5 aromatic rings. The monoisotopic (exact) mass is 577 g/mol. The van der Waals surface area contributed by atoms with E-state index in [0.717, 1.165) is 17.7 Å². The molecule has 0 aliphatic carbocycles. The Morgan fingerprint density at radius 1 is 0.829 bits per heavy atom. The molecule has 0 atom stereocenters. The van der Waals surface area contributed by atoms with E-state index in [1.807, 2.05) is 0 Å². The zero-order valence-electron chi connectivity index (χ0n) is 20.9. The second-order valence-corrected chi connectivity index (χ2v) is 9.02. The highest BCUT2D eigenvalue weighted by molar-refractivity contribution is 6.30. The van der Waals surface area contributed by atoms with Gasteiger partial charge in [-0.1, -0.05) is 29.8 Å². The summed E-state index contributed by atoms with van der Waals surface area (Å²) in [6, 6.07) is 14.3. The molecule has 2 amide bonds. The van der Waals surface area contributed by atoms with Gasteiger partial charge in [-0.2, -0.15) is 13.2 Å². The third kappa shape index (κ3) is 6.86. The predicted molar refractivity (Wildman–Crippen MR) is 149 cm³/mol. The molecule has 0 bridgehead atoms. The van der Waals surface area contributed by atoms with Crippen LogP contribution in [-0.2, 0) is 6.18 Å². The van der Waals surface area contributed by atoms with Gasteiger partial charge in [-0.3, -0.25) is 4.98 Å². The number of nitrogens with one attached hydrogen (secondary N) is 2. The van der Waals surface area contributed by atoms with E-state index in [9.17, 15) is 18.0 Å². The van der Waals surface area contributed by atoms with E-state index in [-0.39, 0.29) is 22.9 Å². The fraction of sp³-hybridized carbons (Fsp3) is 0.0357. The van der Waals surface area contributed by atoms with E-state index in [1.165, 1.54) is 37.1 Å². The molecule has 3 aromatic heterocycles. The third-order valence-corrected chi connectivity index (χ3v) is 5.87. The molecule has 4 N–H and O–H groups in total. The lowest BCUT2D eigenvalue weighted by atomic mass is 10.0. The third-order valence-electron chi connectivity index (χ3n) is 5.66. The van der Waals surface area contributed by atoms with Crippen molar-refractivity contribution in [2.24, 2.45) is 0 Å². The first-order valence-corrected chi connectivity index (χ1v) is 12.2. The fourth-order valence-electron chi connectivity index (χ4n) is 3.78. The number of urea groups is 1. The lowest BCUT2D eigenvalue weighted by Crippen LogP contribution is -2.20. The summed E-state index contributed by atoms with van der Waals surface area (Å²) in [5, 5.41) is 5.35. The van der Waals surface area contributed by atoms with Crippen LogP contribution >= 0.6 is 11.6 Å². The van der Waals surface area contributed by atoms with Crippen LogP contribution < -0.4 is 21.1 Å². The van der Waals surface area contributed by atoms with Crippen LogP contribution in [0.1, 0.15) is 5.56 Å². The first-order chi connectivity index (χ1) is 19.6. The number of anilines is 3. The lowest BCUT2D eigenvalue weighted by Gasteiger charge is -2.14. The summed E-state index contributed by atoms with van der Waals surface area (Å²) in [4.78, 5) is 28.6. The molecule has 0 aliphatic rings. The Morgan fingerprint density at radius 3 is 2.24 bits per heavy atom. The molecule has 41 heavy (non-hydrogen) atoms. The lowest BCUT2D eigenvalue weighted by molar-refractivity contribution is -0.137. The molecule has 206 valence electrons. The van der Waals surface area contributed by atoms with Gasteiger partial charge >= 0.3 is 18.2 Å². The molecular weight excluding hydrogens is 559 g/mol. The van der Waals surface area contributed by atoms with Crippen molar-refractivity contribution in [3.05, 3.63) is 102 Å². The van der Waals surface area contributed by atoms with Gasteiger partial charge in [0.2, 0.25) is 0 Å². The minimum atomic E-state index is -4.62. The predicted octanol–water partition coefficient (Wildman–Crippen LogP) is 7.29. The second kappa shape index (κ2) is 11.5. The topological polar surface area (TPSA) is 128 Å². The van der Waals surface area contributed by atoms with Crippen molar-refractivity contribution in [2.45, 2.75) is 6.18 Å². The molecule has 0 fully saturated rings. The van der Waals surface area contributed by atoms with Crippen LogP contribution in [0.5, 0.6) is 11.8 Å². The van der Waals surface area contributed by atoms with Gasteiger partial charge in [-0.15, -0.1) is 0 Å². The van der Waals surface area contributed by atoms with Gasteiger partial charge in [0.1, 0.15) is 11.6 Å². The summed E-state index contributed by atoms with van der Waals surface area (Å²) in [5.74, 6) is 0.773. The maximum atomic E-state index is 13.5. The second-order valence-electron chi connectivity index (χ2n) is 8.58. The Kier molecular flexibility index (Phi) is 7.66. The summed E-state index contributed by atoms with van der Waals surface area (Å²) >= 11 is 6.01. The van der Waals surface area contributed by atoms with Gasteiger partial charge in [0.25, 0.3) is 0 Å². The van der Waals surface area contributed by atoms with Crippen LogP contribution in [0.2, 0.25) is 5.02 Å². The van der Waals surface area contributed by atoms with Gasteiger partial charge in [0, 0.05) is 35.4 Å². The smallest absolute Gasteiger partial charge is 0.416 e. The van der Waals surface area contributed by atoms with E-state index in [0.29, 0.717) is 27.7 Å². The molecule has 0 unspecified atom stereocenters. The molecule has 0 saturated carbocycles. The Labute approximate surface area is 236 Å². The number of carbonyl (C=O) groups excluding carboxylic acids is 1. The van der Waals surface area contributed by atoms with Crippen molar-refractivity contribution in [1.82, 2.24) is 19.9 Å². The van der Waals surface area contributed by atoms with Gasteiger partial charge in [-0.25, -0.2) is 19.7 Å². The molecule has 0 spiro atoms. The number of nitrogens with zero attached hydrogens (tertiary/aromatic N) is 4. The quantitative estimate of drug-likeness (QED) is 0.193. The average molecular weight is 578 g/mol. The zero-order valence-corrected chi connectivity index (χ0v) is 21.6. The van der Waals surface area contributed by atoms with Crippen molar-refractivity contribution < 1.29 is 22.7 Å². The number of nitrogen functional groups attached to an aromatic ring is 1. The summed E-state index contributed by atoms with van der Waals surface area (Å²) in [7, 11) is 0. The summed E-state index contributed by atoms with van der Waals surface area (Å²) in [6.07, 6.45) is 2.37. The molecule has 0 radical (unpaired) electrons. The van der Waals surface area contributed by atoms with Crippen molar-refractivity contribution in [2.75, 3.05) is 16.4 Å². The van der Waals surface area contributed by atoms with Crippen LogP contribution in [0, 0.1) is 0 Å². The first kappa shape index (κ1) is 27.3. The summed E-state index contributed by atoms with van der Waals surface area (Å²) in [5.41, 5.74) is 7.30. The molecule has 9 nitrogen and oxygen atoms in total. The molecule has 0 aliphatic heterocycles. The van der Waals surface area contributed by atoms with E-state index in [2.05, 4.69) is 30.6 Å². The number of hydrogen-bond acceptors (Lipinski definition) is 7. The number of hydrogen-bond donors (Lipinski definition) is 3. The van der Waals surface area contributed by atoms with E-state index in [4.69, 9.17) is 22.1 Å². The van der Waals surface area contributed by atoms with Crippen LogP contribution in [0.4, 0.5) is 35.2 Å². The normalized spacial score (nSPS) is 11.1. The molecule has 5 rings (SSSR count). The number of ether oxygens (including phenoxy) is 1. The number of carbonyl (C=O) groups is 1. The number of pyridine rings is 2. The molecule has 13 heteroatoms. The Balaban J connectivity index is 1.24. The first-order valence-electron chi connectivity index (χ1n) is 11.9. The number of amides is 2. The molecule has 3 heterocycles. The van der Waals surface area contributed by atoms with Gasteiger partial charge in [0.15, 0.2) is 0 Å². The van der Waals surface area contributed by atoms with Crippen LogP contribution in [0.15, 0.2) is 91.6 Å². The average Bonchev–Trinajstić information content (AvgIpc) is 2.96. The minimum Gasteiger partial charge on any atom is -0.424 e. The van der Waals surface area contributed by atoms with Crippen LogP contribution in [0.3, 0.4) is 0 Å². The van der Waals surface area contributed by atoms with Crippen LogP contribution in [-0.4, -0.2) is 26.0 Å². The maximum Gasteiger partial charge on any atom is 0.416 e. The fourth-order valence-corrected chi connectivity index (χ4v) is 3.94. The number of benzene rings is 2. The number of nitrogens with two attached hydrogens (primary N) is 1. The van der Waals surface area contributed by atoms with Crippen LogP contribution in [0.25, 0.3) is 22.3 Å². The van der Waals surface area contributed by atoms with Crippen molar-refractivity contribution in [3.63, 3.8) is 0 Å². The largest absolute Gasteiger partial charge is 0.424 e. The van der Waals surface area contributed by atoms with E-state index >= 15 is 0 Å². The highest BCUT2D eigenvalue weighted by Gasteiger charge is 2.31. The standard InChI is InChI=1S/C28H19ClF3N7O2/c29-20-11-24(25(33)35-13-20)16-3-5-23(6-4-16)41-27-36-14-22(15-37-27)39-26(40)38-21-9-18(17-2-1-7-34-12-17)8-19(10-21)28(30,31)32/h1-15H,(H2,33,35)(H2,38,39,40). The minimum absolute atomic E-state index is 0.00614. The number of rotatable bonds is 6. The van der Waals surface area contributed by atoms with E-state index in [1.54, 1.807) is 42.5 Å². The van der Waals surface area contributed by atoms with Crippen molar-refractivity contribution >= 4 is 34.8 Å². The molecule has 0 saturated heterocycles. The maximum absolute atomic E-state index is 13.5. The highest BCUT2D eigenvalue weighted by atomic mass is 35.5. The Bertz CT molecular complexity index is 1680. The number of alkyl halides is 3. The Morgan fingerprint density at radius 2 is 1.56 bits per heavy atom. The summed E-state index contributed by atoms with van der Waals surface area (Å²) < 4.78 is 46.1. The van der Waals surface area contributed by atoms with Gasteiger partial charge in [-0.05, 0) is 53.6 Å². The van der Waals surface area contributed by atoms with Gasteiger partial charge in [0.05, 0.1) is 28.7 Å². The number of halogens is 4. The highest BCUT2D eigenvalue weighted by Crippen LogP contribution is 2.35. The van der Waals surface area contributed by atoms with Gasteiger partial charge < -0.3 is 21.1 Å². The SMILES string of the molecule is Nc1ncc(Cl)cc1-c1ccc(Oc2ncc(NC(=O)Nc3cc(-c4cccnc4)cc(C(F)(F)F)c3)cn2)cc1. The zero-order chi connectivity index (χ0) is 29.0. The number of aromatic nitrogens is 4. The van der Waals surface area contributed by atoms with Crippen molar-refractivity contribution in [1.29, 1.82) is 0 Å². The van der Waals surface area contributed by atoms with E-state index < -0.39 is 17.8 Å². The summed E-state index contributed by atoms with van der Waals surface area (Å²) in [6.45, 7) is 0. The molecular formula is C28H19ClF3N7O2. The Hall–Kier alpha value is -5.23.